The van der Waals surface area contributed by atoms with Crippen LogP contribution in [0.1, 0.15) is 19.2 Å². The van der Waals surface area contributed by atoms with Gasteiger partial charge in [0.25, 0.3) is 0 Å². The number of hydrazine groups is 1. The molecule has 0 unspecified atom stereocenters. The molecule has 1 aromatic rings. The molecule has 1 rings (SSSR count). The van der Waals surface area contributed by atoms with Gasteiger partial charge in [-0.2, -0.15) is 0 Å². The first kappa shape index (κ1) is 12.2. The largest absolute Gasteiger partial charge is 0.370 e. The molecule has 0 atom stereocenters. The van der Waals surface area contributed by atoms with E-state index in [2.05, 4.69) is 20.7 Å². The summed E-state index contributed by atoms with van der Waals surface area (Å²) in [6.45, 7) is 2.39. The van der Waals surface area contributed by atoms with E-state index >= 15 is 0 Å². The molecule has 1 heterocycles. The Morgan fingerprint density at radius 2 is 2.12 bits per heavy atom. The van der Waals surface area contributed by atoms with Crippen molar-refractivity contribution in [2.45, 2.75) is 19.8 Å². The monoisotopic (exact) mass is 224 g/mol. The molecule has 0 saturated carbocycles. The van der Waals surface area contributed by atoms with Crippen LogP contribution in [0.3, 0.4) is 0 Å². The average molecular weight is 224 g/mol. The van der Waals surface area contributed by atoms with Crippen LogP contribution in [0.15, 0.2) is 6.07 Å². The van der Waals surface area contributed by atoms with E-state index in [1.165, 1.54) is 0 Å². The first-order valence-corrected chi connectivity index (χ1v) is 5.02. The van der Waals surface area contributed by atoms with Crippen molar-refractivity contribution in [3.05, 3.63) is 11.9 Å². The number of rotatable bonds is 6. The highest BCUT2D eigenvalue weighted by Crippen LogP contribution is 2.10. The summed E-state index contributed by atoms with van der Waals surface area (Å²) in [7, 11) is 0. The Balaban J connectivity index is 2.67. The van der Waals surface area contributed by atoms with Gasteiger partial charge >= 0.3 is 0 Å². The summed E-state index contributed by atoms with van der Waals surface area (Å²) in [4.78, 5) is 18.9. The molecule has 7 nitrogen and oxygen atoms in total. The van der Waals surface area contributed by atoms with E-state index in [-0.39, 0.29) is 12.3 Å². The van der Waals surface area contributed by atoms with Gasteiger partial charge in [0.05, 0.1) is 0 Å². The molecular formula is C9H16N6O. The summed E-state index contributed by atoms with van der Waals surface area (Å²) in [6, 6.07) is 1.67. The maximum Gasteiger partial charge on any atom is 0.219 e. The first-order chi connectivity index (χ1) is 7.65. The Kier molecular flexibility index (Phi) is 4.46. The Morgan fingerprint density at radius 1 is 1.44 bits per heavy atom. The van der Waals surface area contributed by atoms with Crippen molar-refractivity contribution < 1.29 is 4.79 Å². The number of primary amides is 1. The second kappa shape index (κ2) is 5.86. The summed E-state index contributed by atoms with van der Waals surface area (Å²) in [5.41, 5.74) is 7.48. The number of aromatic nitrogens is 2. The predicted molar refractivity (Wildman–Crippen MR) is 61.5 cm³/mol. The van der Waals surface area contributed by atoms with E-state index in [9.17, 15) is 4.79 Å². The van der Waals surface area contributed by atoms with Crippen molar-refractivity contribution in [1.29, 1.82) is 0 Å². The average Bonchev–Trinajstić information content (AvgIpc) is 2.28. The van der Waals surface area contributed by atoms with Crippen molar-refractivity contribution in [2.75, 3.05) is 17.3 Å². The number of carbonyl (C=O) groups excluding carboxylic acids is 1. The van der Waals surface area contributed by atoms with Crippen molar-refractivity contribution in [3.63, 3.8) is 0 Å². The minimum absolute atomic E-state index is 0.261. The van der Waals surface area contributed by atoms with Gasteiger partial charge in [0.1, 0.15) is 17.5 Å². The van der Waals surface area contributed by atoms with Gasteiger partial charge in [-0.1, -0.05) is 6.92 Å². The zero-order valence-corrected chi connectivity index (χ0v) is 9.16. The molecule has 0 aliphatic heterocycles. The third kappa shape index (κ3) is 3.70. The van der Waals surface area contributed by atoms with Crippen molar-refractivity contribution in [2.24, 2.45) is 11.6 Å². The van der Waals surface area contributed by atoms with E-state index in [1.807, 2.05) is 6.92 Å². The SMILES string of the molecule is CCc1nc(NN)cc(NCCC(N)=O)n1. The Hall–Kier alpha value is -1.89. The molecule has 0 aliphatic rings. The van der Waals surface area contributed by atoms with Gasteiger partial charge in [0.15, 0.2) is 0 Å². The smallest absolute Gasteiger partial charge is 0.219 e. The second-order valence-corrected chi connectivity index (χ2v) is 3.20. The molecule has 1 aromatic heterocycles. The van der Waals surface area contributed by atoms with Gasteiger partial charge in [-0.05, 0) is 0 Å². The number of amides is 1. The van der Waals surface area contributed by atoms with Crippen molar-refractivity contribution >= 4 is 17.5 Å². The summed E-state index contributed by atoms with van der Waals surface area (Å²) >= 11 is 0. The molecule has 6 N–H and O–H groups in total. The maximum absolute atomic E-state index is 10.6. The number of aryl methyl sites for hydroxylation is 1. The summed E-state index contributed by atoms with van der Waals surface area (Å²) < 4.78 is 0. The quantitative estimate of drug-likeness (QED) is 0.386. The Bertz CT molecular complexity index is 345. The topological polar surface area (TPSA) is 119 Å². The molecule has 0 saturated heterocycles. The number of hydrogen-bond acceptors (Lipinski definition) is 6. The fourth-order valence-electron chi connectivity index (χ4n) is 1.13. The number of nitrogens with zero attached hydrogens (tertiary/aromatic N) is 2. The van der Waals surface area contributed by atoms with E-state index in [0.29, 0.717) is 30.4 Å². The number of nitrogens with one attached hydrogen (secondary N) is 2. The lowest BCUT2D eigenvalue weighted by atomic mass is 10.4. The van der Waals surface area contributed by atoms with Gasteiger partial charge in [-0.25, -0.2) is 15.8 Å². The van der Waals surface area contributed by atoms with Crippen molar-refractivity contribution in [3.8, 4) is 0 Å². The number of anilines is 2. The van der Waals surface area contributed by atoms with E-state index < -0.39 is 0 Å². The maximum atomic E-state index is 10.6. The van der Waals surface area contributed by atoms with Gasteiger partial charge < -0.3 is 16.5 Å². The molecule has 7 heteroatoms. The zero-order chi connectivity index (χ0) is 12.0. The predicted octanol–water partition coefficient (Wildman–Crippen LogP) is -0.388. The molecular weight excluding hydrogens is 208 g/mol. The molecule has 0 spiro atoms. The van der Waals surface area contributed by atoms with Gasteiger partial charge in [-0.3, -0.25) is 4.79 Å². The van der Waals surface area contributed by atoms with E-state index in [0.717, 1.165) is 0 Å². The highest BCUT2D eigenvalue weighted by Gasteiger charge is 2.02. The normalized spacial score (nSPS) is 9.88. The number of nitrogen functional groups attached to an aromatic ring is 1. The van der Waals surface area contributed by atoms with Gasteiger partial charge in [-0.15, -0.1) is 0 Å². The summed E-state index contributed by atoms with van der Waals surface area (Å²) in [5.74, 6) is 6.76. The molecule has 88 valence electrons. The molecule has 16 heavy (non-hydrogen) atoms. The molecule has 0 radical (unpaired) electrons. The van der Waals surface area contributed by atoms with Crippen LogP contribution >= 0.6 is 0 Å². The molecule has 0 fully saturated rings. The van der Waals surface area contributed by atoms with E-state index in [4.69, 9.17) is 11.6 Å². The van der Waals surface area contributed by atoms with Gasteiger partial charge in [0, 0.05) is 25.5 Å². The highest BCUT2D eigenvalue weighted by atomic mass is 16.1. The third-order valence-corrected chi connectivity index (χ3v) is 1.91. The zero-order valence-electron chi connectivity index (χ0n) is 9.16. The molecule has 0 bridgehead atoms. The van der Waals surface area contributed by atoms with Crippen LogP contribution in [0.4, 0.5) is 11.6 Å². The van der Waals surface area contributed by atoms with Crippen molar-refractivity contribution in [1.82, 2.24) is 9.97 Å². The molecule has 0 aromatic carbocycles. The van der Waals surface area contributed by atoms with Crippen LogP contribution in [0.2, 0.25) is 0 Å². The number of hydrogen-bond donors (Lipinski definition) is 4. The lowest BCUT2D eigenvalue weighted by molar-refractivity contribution is -0.117. The number of nitrogens with two attached hydrogens (primary N) is 2. The minimum Gasteiger partial charge on any atom is -0.370 e. The molecule has 0 aliphatic carbocycles. The lowest BCUT2D eigenvalue weighted by Crippen LogP contribution is -2.17. The van der Waals surface area contributed by atoms with Crippen LogP contribution in [0, 0.1) is 0 Å². The third-order valence-electron chi connectivity index (χ3n) is 1.91. The van der Waals surface area contributed by atoms with Crippen LogP contribution in [0.25, 0.3) is 0 Å². The van der Waals surface area contributed by atoms with Gasteiger partial charge in [0.2, 0.25) is 5.91 Å². The van der Waals surface area contributed by atoms with Crippen LogP contribution in [0.5, 0.6) is 0 Å². The first-order valence-electron chi connectivity index (χ1n) is 5.02. The lowest BCUT2D eigenvalue weighted by Gasteiger charge is -2.08. The minimum atomic E-state index is -0.352. The summed E-state index contributed by atoms with van der Waals surface area (Å²) in [5, 5.41) is 2.98. The van der Waals surface area contributed by atoms with Crippen LogP contribution in [-0.4, -0.2) is 22.4 Å². The fraction of sp³-hybridized carbons (Fsp3) is 0.444. The molecule has 1 amide bonds. The second-order valence-electron chi connectivity index (χ2n) is 3.20. The standard InChI is InChI=1S/C9H16N6O/c1-2-7-13-8(5-9(14-7)15-11)12-4-3-6(10)16/h5H,2-4,11H2,1H3,(H2,10,16)(H2,12,13,14,15). The van der Waals surface area contributed by atoms with E-state index in [1.54, 1.807) is 6.07 Å². The fourth-order valence-corrected chi connectivity index (χ4v) is 1.13. The van der Waals surface area contributed by atoms with Crippen LogP contribution in [-0.2, 0) is 11.2 Å². The number of carbonyl (C=O) groups is 1. The summed E-state index contributed by atoms with van der Waals surface area (Å²) in [6.07, 6.45) is 0.969. The van der Waals surface area contributed by atoms with Crippen LogP contribution < -0.4 is 22.3 Å². The highest BCUT2D eigenvalue weighted by molar-refractivity contribution is 5.74. The Labute approximate surface area is 93.6 Å². The Morgan fingerprint density at radius 3 is 2.69 bits per heavy atom.